The van der Waals surface area contributed by atoms with Gasteiger partial charge in [-0.05, 0) is 174 Å². The molecule has 0 saturated carbocycles. The Hall–Kier alpha value is -8.98. The predicted octanol–water partition coefficient (Wildman–Crippen LogP) is 19.3. The normalized spacial score (nSPS) is 13.1. The van der Waals surface area contributed by atoms with E-state index in [1.807, 2.05) is 6.08 Å². The van der Waals surface area contributed by atoms with Crippen LogP contribution >= 0.6 is 0 Å². The number of benzene rings is 11. The molecule has 1 aromatic heterocycles. The Morgan fingerprint density at radius 1 is 0.417 bits per heavy atom. The average Bonchev–Trinajstić information content (AvgIpc) is 3.88. The lowest BCUT2D eigenvalue weighted by atomic mass is 9.81. The van der Waals surface area contributed by atoms with Crippen molar-refractivity contribution in [3.63, 3.8) is 0 Å². The molecule has 72 heavy (non-hydrogen) atoms. The summed E-state index contributed by atoms with van der Waals surface area (Å²) in [5, 5.41) is 10.1. The van der Waals surface area contributed by atoms with Crippen molar-refractivity contribution >= 4 is 65.5 Å². The first kappa shape index (κ1) is 43.1. The van der Waals surface area contributed by atoms with Crippen molar-refractivity contribution in [3.8, 4) is 50.2 Å². The summed E-state index contributed by atoms with van der Waals surface area (Å²) in [6.07, 6.45) is 8.15. The Balaban J connectivity index is 0.960. The lowest BCUT2D eigenvalue weighted by Gasteiger charge is -2.27. The Morgan fingerprint density at radius 2 is 0.889 bits per heavy atom. The van der Waals surface area contributed by atoms with Gasteiger partial charge in [0.2, 0.25) is 0 Å². The van der Waals surface area contributed by atoms with Crippen molar-refractivity contribution in [1.29, 1.82) is 0 Å². The van der Waals surface area contributed by atoms with Crippen molar-refractivity contribution in [3.05, 3.63) is 272 Å². The Kier molecular flexibility index (Phi) is 10.3. The molecule has 0 amide bonds. The zero-order chi connectivity index (χ0) is 48.5. The summed E-state index contributed by atoms with van der Waals surface area (Å²) in [6, 6.07) is 83.2. The number of anilines is 2. The topological polar surface area (TPSA) is 8.17 Å². The van der Waals surface area contributed by atoms with Gasteiger partial charge in [0.15, 0.2) is 0 Å². The molecule has 1 heterocycles. The minimum absolute atomic E-state index is 0.0850. The SMILES string of the molecule is C=C/C=C(\C=C/C)N(c1ccc(-c2ccccc2)cc1)c1ccc(-c2ccc3c(c2)c2cc(-c4ccc5c(c4)C(C)(C)c4ccccc4-5)ccc2n3-c2ccc3c4ccccc4c4ccccc4c3c2)cc1. The first-order valence-electron chi connectivity index (χ1n) is 25.1. The molecule has 2 heteroatoms. The van der Waals surface area contributed by atoms with Gasteiger partial charge in [-0.3, -0.25) is 0 Å². The zero-order valence-electron chi connectivity index (χ0n) is 40.8. The van der Waals surface area contributed by atoms with E-state index in [0.717, 1.165) is 28.3 Å². The molecule has 0 spiro atoms. The fourth-order valence-corrected chi connectivity index (χ4v) is 11.8. The first-order valence-corrected chi connectivity index (χ1v) is 25.1. The number of hydrogen-bond acceptors (Lipinski definition) is 1. The second-order valence-electron chi connectivity index (χ2n) is 19.7. The minimum atomic E-state index is -0.0850. The number of rotatable bonds is 9. The van der Waals surface area contributed by atoms with Crippen LogP contribution in [0.25, 0.3) is 104 Å². The second-order valence-corrected chi connectivity index (χ2v) is 19.7. The quantitative estimate of drug-likeness (QED) is 0.103. The third-order valence-corrected chi connectivity index (χ3v) is 15.2. The number of allylic oxidation sites excluding steroid dienone is 4. The van der Waals surface area contributed by atoms with Crippen molar-refractivity contribution in [2.24, 2.45) is 0 Å². The maximum absolute atomic E-state index is 4.07. The van der Waals surface area contributed by atoms with E-state index < -0.39 is 0 Å². The van der Waals surface area contributed by atoms with Crippen LogP contribution in [0.5, 0.6) is 0 Å². The summed E-state index contributed by atoms with van der Waals surface area (Å²) >= 11 is 0. The molecule has 2 nitrogen and oxygen atoms in total. The van der Waals surface area contributed by atoms with Gasteiger partial charge in [0.05, 0.1) is 11.0 Å². The summed E-state index contributed by atoms with van der Waals surface area (Å²) in [5.74, 6) is 0. The van der Waals surface area contributed by atoms with Crippen LogP contribution in [0, 0.1) is 0 Å². The Bertz CT molecular complexity index is 4150. The van der Waals surface area contributed by atoms with E-state index in [1.165, 1.54) is 104 Å². The fourth-order valence-electron chi connectivity index (χ4n) is 11.8. The summed E-state index contributed by atoms with van der Waals surface area (Å²) in [7, 11) is 0. The van der Waals surface area contributed by atoms with Gasteiger partial charge in [-0.15, -0.1) is 0 Å². The lowest BCUT2D eigenvalue weighted by Crippen LogP contribution is -2.15. The van der Waals surface area contributed by atoms with Gasteiger partial charge in [0, 0.05) is 38.9 Å². The van der Waals surface area contributed by atoms with Crippen molar-refractivity contribution < 1.29 is 0 Å². The molecule has 0 atom stereocenters. The molecule has 0 fully saturated rings. The molecule has 13 rings (SSSR count). The van der Waals surface area contributed by atoms with E-state index in [1.54, 1.807) is 0 Å². The molecule has 342 valence electrons. The molecule has 0 radical (unpaired) electrons. The van der Waals surface area contributed by atoms with Gasteiger partial charge in [-0.2, -0.15) is 0 Å². The summed E-state index contributed by atoms with van der Waals surface area (Å²) < 4.78 is 2.48. The van der Waals surface area contributed by atoms with Crippen LogP contribution in [-0.4, -0.2) is 4.57 Å². The highest BCUT2D eigenvalue weighted by molar-refractivity contribution is 6.25. The lowest BCUT2D eigenvalue weighted by molar-refractivity contribution is 0.660. The highest BCUT2D eigenvalue weighted by Crippen LogP contribution is 2.50. The molecule has 1 aliphatic rings. The number of nitrogens with zero attached hydrogens (tertiary/aromatic N) is 2. The standard InChI is InChI=1S/C70H52N2/c1-5-16-52(17-6-2)71(53-33-26-47(27-34-53)46-18-8-7-9-19-46)54-35-28-48(29-36-54)49-31-40-68-64(42-49)65-43-50(51-30-38-62-61-24-14-15-25-66(61)70(3,4)67(62)44-51)32-41-69(65)72(68)55-37-39-60-58-22-11-10-20-56(58)57-21-12-13-23-59(57)63(60)45-55/h5-45H,1H2,2-4H3/b17-6-,52-16+. The van der Waals surface area contributed by atoms with Crippen molar-refractivity contribution in [1.82, 2.24) is 4.57 Å². The average molecular weight is 921 g/mol. The van der Waals surface area contributed by atoms with E-state index in [-0.39, 0.29) is 5.41 Å². The Morgan fingerprint density at radius 3 is 1.50 bits per heavy atom. The minimum Gasteiger partial charge on any atom is -0.311 e. The second kappa shape index (κ2) is 17.2. The van der Waals surface area contributed by atoms with Gasteiger partial charge >= 0.3 is 0 Å². The van der Waals surface area contributed by atoms with Crippen LogP contribution in [0.3, 0.4) is 0 Å². The highest BCUT2D eigenvalue weighted by atomic mass is 15.1. The first-order chi connectivity index (χ1) is 35.4. The van der Waals surface area contributed by atoms with Gasteiger partial charge in [0.25, 0.3) is 0 Å². The summed E-state index contributed by atoms with van der Waals surface area (Å²) in [4.78, 5) is 2.30. The number of fused-ring (bicyclic) bond motifs is 12. The summed E-state index contributed by atoms with van der Waals surface area (Å²) in [6.45, 7) is 10.9. The van der Waals surface area contributed by atoms with Crippen molar-refractivity contribution in [2.45, 2.75) is 26.2 Å². The maximum atomic E-state index is 4.07. The van der Waals surface area contributed by atoms with E-state index >= 15 is 0 Å². The molecule has 0 aliphatic heterocycles. The maximum Gasteiger partial charge on any atom is 0.0541 e. The van der Waals surface area contributed by atoms with Gasteiger partial charge in [-0.1, -0.05) is 190 Å². The molecule has 0 saturated heterocycles. The predicted molar refractivity (Wildman–Crippen MR) is 309 cm³/mol. The van der Waals surface area contributed by atoms with Crippen molar-refractivity contribution in [2.75, 3.05) is 4.90 Å². The largest absolute Gasteiger partial charge is 0.311 e. The van der Waals surface area contributed by atoms with Gasteiger partial charge in [0.1, 0.15) is 0 Å². The van der Waals surface area contributed by atoms with E-state index in [9.17, 15) is 0 Å². The third-order valence-electron chi connectivity index (χ3n) is 15.2. The monoisotopic (exact) mass is 920 g/mol. The molecule has 12 aromatic rings. The van der Waals surface area contributed by atoms with Crippen LogP contribution in [0.4, 0.5) is 11.4 Å². The van der Waals surface area contributed by atoms with E-state index in [4.69, 9.17) is 0 Å². The van der Waals surface area contributed by atoms with Gasteiger partial charge in [-0.25, -0.2) is 0 Å². The number of aromatic nitrogens is 1. The molecular formula is C70H52N2. The van der Waals surface area contributed by atoms with Crippen LogP contribution < -0.4 is 4.90 Å². The molecule has 0 N–H and O–H groups in total. The number of hydrogen-bond donors (Lipinski definition) is 0. The molecule has 0 unspecified atom stereocenters. The Labute approximate surface area is 421 Å². The van der Waals surface area contributed by atoms with E-state index in [0.29, 0.717) is 0 Å². The van der Waals surface area contributed by atoms with E-state index in [2.05, 4.69) is 280 Å². The zero-order valence-corrected chi connectivity index (χ0v) is 40.8. The van der Waals surface area contributed by atoms with Crippen LogP contribution in [0.2, 0.25) is 0 Å². The van der Waals surface area contributed by atoms with Crippen LogP contribution in [0.15, 0.2) is 261 Å². The van der Waals surface area contributed by atoms with Gasteiger partial charge < -0.3 is 9.47 Å². The molecular weight excluding hydrogens is 869 g/mol. The smallest absolute Gasteiger partial charge is 0.0541 e. The van der Waals surface area contributed by atoms with Crippen LogP contribution in [-0.2, 0) is 5.41 Å². The third kappa shape index (κ3) is 6.94. The molecule has 1 aliphatic carbocycles. The highest BCUT2D eigenvalue weighted by Gasteiger charge is 2.35. The molecule has 0 bridgehead atoms. The fraction of sp³-hybridized carbons (Fsp3) is 0.0571. The summed E-state index contributed by atoms with van der Waals surface area (Å²) in [5.41, 5.74) is 19.2. The molecule has 11 aromatic carbocycles. The van der Waals surface area contributed by atoms with Crippen LogP contribution in [0.1, 0.15) is 31.9 Å².